The molecular formula is C15H30N2. The van der Waals surface area contributed by atoms with Gasteiger partial charge >= 0.3 is 0 Å². The van der Waals surface area contributed by atoms with Crippen LogP contribution < -0.4 is 0 Å². The van der Waals surface area contributed by atoms with Crippen LogP contribution >= 0.6 is 0 Å². The second-order valence-electron chi connectivity index (χ2n) is 6.87. The summed E-state index contributed by atoms with van der Waals surface area (Å²) in [4.78, 5) is 5.10. The molecule has 3 unspecified atom stereocenters. The van der Waals surface area contributed by atoms with E-state index in [-0.39, 0.29) is 0 Å². The zero-order valence-corrected chi connectivity index (χ0v) is 12.4. The minimum absolute atomic E-state index is 0.630. The molecule has 0 aliphatic carbocycles. The predicted octanol–water partition coefficient (Wildman–Crippen LogP) is 2.84. The molecule has 100 valence electrons. The second kappa shape index (κ2) is 4.89. The molecule has 0 N–H and O–H groups in total. The van der Waals surface area contributed by atoms with Crippen LogP contribution in [0.15, 0.2) is 0 Å². The van der Waals surface area contributed by atoms with Gasteiger partial charge in [0.25, 0.3) is 0 Å². The SMILES string of the molecule is CC1CC(C)C2(CCN(C)CC2)CC(C)N1C. The van der Waals surface area contributed by atoms with Crippen molar-refractivity contribution in [3.63, 3.8) is 0 Å². The van der Waals surface area contributed by atoms with Crippen molar-refractivity contribution in [2.75, 3.05) is 27.2 Å². The van der Waals surface area contributed by atoms with Crippen molar-refractivity contribution in [1.29, 1.82) is 0 Å². The molecule has 2 heteroatoms. The van der Waals surface area contributed by atoms with Gasteiger partial charge in [0, 0.05) is 12.1 Å². The van der Waals surface area contributed by atoms with Gasteiger partial charge in [0.15, 0.2) is 0 Å². The highest BCUT2D eigenvalue weighted by atomic mass is 15.2. The Morgan fingerprint density at radius 1 is 0.941 bits per heavy atom. The van der Waals surface area contributed by atoms with Gasteiger partial charge in [0.2, 0.25) is 0 Å². The third-order valence-corrected chi connectivity index (χ3v) is 5.82. The van der Waals surface area contributed by atoms with Gasteiger partial charge in [0.05, 0.1) is 0 Å². The van der Waals surface area contributed by atoms with Gasteiger partial charge in [-0.15, -0.1) is 0 Å². The van der Waals surface area contributed by atoms with Crippen LogP contribution in [0.25, 0.3) is 0 Å². The summed E-state index contributed by atoms with van der Waals surface area (Å²) in [7, 11) is 4.59. The highest BCUT2D eigenvalue weighted by Gasteiger charge is 2.43. The molecule has 2 nitrogen and oxygen atoms in total. The molecule has 0 aromatic heterocycles. The Morgan fingerprint density at radius 2 is 1.53 bits per heavy atom. The maximum absolute atomic E-state index is 2.60. The van der Waals surface area contributed by atoms with Crippen molar-refractivity contribution in [2.45, 2.75) is 58.5 Å². The van der Waals surface area contributed by atoms with Crippen LogP contribution in [0.1, 0.15) is 46.5 Å². The zero-order valence-electron chi connectivity index (χ0n) is 12.4. The summed E-state index contributed by atoms with van der Waals surface area (Å²) in [5, 5.41) is 0. The smallest absolute Gasteiger partial charge is 0.00721 e. The van der Waals surface area contributed by atoms with Crippen molar-refractivity contribution in [1.82, 2.24) is 9.80 Å². The average Bonchev–Trinajstić information content (AvgIpc) is 2.36. The van der Waals surface area contributed by atoms with Gasteiger partial charge in [-0.2, -0.15) is 0 Å². The van der Waals surface area contributed by atoms with Crippen molar-refractivity contribution < 1.29 is 0 Å². The molecule has 2 saturated heterocycles. The summed E-state index contributed by atoms with van der Waals surface area (Å²) in [6.45, 7) is 9.94. The first-order valence-corrected chi connectivity index (χ1v) is 7.35. The lowest BCUT2D eigenvalue weighted by atomic mass is 9.65. The van der Waals surface area contributed by atoms with E-state index in [4.69, 9.17) is 0 Å². The third kappa shape index (κ3) is 2.53. The van der Waals surface area contributed by atoms with E-state index in [1.165, 1.54) is 38.8 Å². The molecule has 2 aliphatic heterocycles. The monoisotopic (exact) mass is 238 g/mol. The Hall–Kier alpha value is -0.0800. The molecule has 0 aromatic rings. The van der Waals surface area contributed by atoms with Crippen LogP contribution in [-0.2, 0) is 0 Å². The molecule has 2 fully saturated rings. The van der Waals surface area contributed by atoms with E-state index in [1.54, 1.807) is 0 Å². The van der Waals surface area contributed by atoms with Crippen molar-refractivity contribution in [3.05, 3.63) is 0 Å². The van der Waals surface area contributed by atoms with E-state index < -0.39 is 0 Å². The van der Waals surface area contributed by atoms with Gasteiger partial charge in [-0.05, 0) is 78.0 Å². The lowest BCUT2D eigenvalue weighted by Gasteiger charge is -2.45. The molecule has 17 heavy (non-hydrogen) atoms. The van der Waals surface area contributed by atoms with Crippen LogP contribution in [0.5, 0.6) is 0 Å². The molecule has 2 rings (SSSR count). The highest BCUT2D eigenvalue weighted by molar-refractivity contribution is 4.95. The summed E-state index contributed by atoms with van der Waals surface area (Å²) in [5.74, 6) is 0.888. The normalized spacial score (nSPS) is 40.4. The lowest BCUT2D eigenvalue weighted by molar-refractivity contribution is 0.0524. The maximum Gasteiger partial charge on any atom is 0.00721 e. The predicted molar refractivity (Wildman–Crippen MR) is 74.2 cm³/mol. The Balaban J connectivity index is 2.15. The van der Waals surface area contributed by atoms with Gasteiger partial charge in [-0.3, -0.25) is 0 Å². The molecule has 3 atom stereocenters. The van der Waals surface area contributed by atoms with Gasteiger partial charge in [0.1, 0.15) is 0 Å². The van der Waals surface area contributed by atoms with E-state index in [0.29, 0.717) is 5.41 Å². The zero-order chi connectivity index (χ0) is 12.6. The van der Waals surface area contributed by atoms with Gasteiger partial charge in [-0.1, -0.05) is 6.92 Å². The fraction of sp³-hybridized carbons (Fsp3) is 1.00. The Labute approximate surface area is 107 Å². The van der Waals surface area contributed by atoms with Crippen molar-refractivity contribution >= 4 is 0 Å². The topological polar surface area (TPSA) is 6.48 Å². The highest BCUT2D eigenvalue weighted by Crippen LogP contribution is 2.47. The fourth-order valence-electron chi connectivity index (χ4n) is 4.06. The number of piperidine rings is 1. The van der Waals surface area contributed by atoms with Gasteiger partial charge < -0.3 is 9.80 Å². The Kier molecular flexibility index (Phi) is 3.84. The molecule has 0 aromatic carbocycles. The standard InChI is InChI=1S/C15H30N2/c1-12-10-13(2)17(5)14(3)11-15(12)6-8-16(4)9-7-15/h12-14H,6-11H2,1-5H3. The average molecular weight is 238 g/mol. The molecule has 0 amide bonds. The minimum atomic E-state index is 0.630. The molecule has 0 bridgehead atoms. The van der Waals surface area contributed by atoms with E-state index in [0.717, 1.165) is 18.0 Å². The summed E-state index contributed by atoms with van der Waals surface area (Å²) in [5.41, 5.74) is 0.630. The molecule has 2 heterocycles. The Morgan fingerprint density at radius 3 is 2.12 bits per heavy atom. The number of nitrogens with zero attached hydrogens (tertiary/aromatic N) is 2. The van der Waals surface area contributed by atoms with Crippen LogP contribution in [0.2, 0.25) is 0 Å². The molecule has 0 radical (unpaired) electrons. The molecule has 1 spiro atoms. The van der Waals surface area contributed by atoms with E-state index in [1.807, 2.05) is 0 Å². The summed E-state index contributed by atoms with van der Waals surface area (Å²) >= 11 is 0. The first-order valence-electron chi connectivity index (χ1n) is 7.35. The fourth-order valence-corrected chi connectivity index (χ4v) is 4.06. The van der Waals surface area contributed by atoms with Crippen molar-refractivity contribution in [2.24, 2.45) is 11.3 Å². The molecule has 2 aliphatic rings. The molecular weight excluding hydrogens is 208 g/mol. The Bertz CT molecular complexity index is 256. The lowest BCUT2D eigenvalue weighted by Crippen LogP contribution is -2.43. The molecule has 0 saturated carbocycles. The second-order valence-corrected chi connectivity index (χ2v) is 6.87. The van der Waals surface area contributed by atoms with Gasteiger partial charge in [-0.25, -0.2) is 0 Å². The number of likely N-dealkylation sites (tertiary alicyclic amines) is 2. The summed E-state index contributed by atoms with van der Waals surface area (Å²) in [6.07, 6.45) is 5.61. The van der Waals surface area contributed by atoms with E-state index in [9.17, 15) is 0 Å². The summed E-state index contributed by atoms with van der Waals surface area (Å²) < 4.78 is 0. The van der Waals surface area contributed by atoms with Crippen LogP contribution in [0.3, 0.4) is 0 Å². The first kappa shape index (κ1) is 13.4. The largest absolute Gasteiger partial charge is 0.306 e. The quantitative estimate of drug-likeness (QED) is 0.640. The third-order valence-electron chi connectivity index (χ3n) is 5.82. The van der Waals surface area contributed by atoms with Crippen LogP contribution in [0.4, 0.5) is 0 Å². The summed E-state index contributed by atoms with van der Waals surface area (Å²) in [6, 6.07) is 1.50. The number of hydrogen-bond acceptors (Lipinski definition) is 2. The van der Waals surface area contributed by atoms with E-state index >= 15 is 0 Å². The number of hydrogen-bond donors (Lipinski definition) is 0. The maximum atomic E-state index is 2.60. The first-order chi connectivity index (χ1) is 7.94. The van der Waals surface area contributed by atoms with E-state index in [2.05, 4.69) is 44.7 Å². The van der Waals surface area contributed by atoms with Crippen LogP contribution in [-0.4, -0.2) is 49.1 Å². The minimum Gasteiger partial charge on any atom is -0.306 e. The van der Waals surface area contributed by atoms with Crippen LogP contribution in [0, 0.1) is 11.3 Å². The van der Waals surface area contributed by atoms with Crippen molar-refractivity contribution in [3.8, 4) is 0 Å². The number of rotatable bonds is 0.